The van der Waals surface area contributed by atoms with Crippen LogP contribution in [0, 0.1) is 5.82 Å². The zero-order valence-corrected chi connectivity index (χ0v) is 17.1. The molecular weight excluding hydrogens is 407 g/mol. The van der Waals surface area contributed by atoms with E-state index in [2.05, 4.69) is 4.98 Å². The van der Waals surface area contributed by atoms with Crippen LogP contribution in [0.15, 0.2) is 27.8 Å². The summed E-state index contributed by atoms with van der Waals surface area (Å²) in [5.41, 5.74) is -3.72. The van der Waals surface area contributed by atoms with E-state index in [1.165, 1.54) is 13.8 Å². The van der Waals surface area contributed by atoms with Crippen molar-refractivity contribution in [2.75, 3.05) is 6.61 Å². The molecule has 1 N–H and O–H groups in total. The lowest BCUT2D eigenvalue weighted by atomic mass is 10.1. The molecule has 2 aromatic rings. The molecule has 1 heterocycles. The van der Waals surface area contributed by atoms with Crippen LogP contribution in [0.2, 0.25) is 5.02 Å². The van der Waals surface area contributed by atoms with Gasteiger partial charge in [-0.3, -0.25) is 4.79 Å². The molecule has 0 bridgehead atoms. The van der Waals surface area contributed by atoms with Crippen LogP contribution in [-0.4, -0.2) is 33.7 Å². The van der Waals surface area contributed by atoms with Crippen molar-refractivity contribution in [3.05, 3.63) is 61.1 Å². The largest absolute Gasteiger partial charge is 0.463 e. The molecule has 0 fully saturated rings. The number of esters is 2. The smallest absolute Gasteiger partial charge is 0.350 e. The second-order valence-corrected chi connectivity index (χ2v) is 6.94. The van der Waals surface area contributed by atoms with Crippen molar-refractivity contribution in [2.45, 2.75) is 39.7 Å². The van der Waals surface area contributed by atoms with Crippen LogP contribution in [0.1, 0.15) is 43.7 Å². The number of halogens is 2. The number of H-pyrrole nitrogens is 1. The third kappa shape index (κ3) is 4.73. The highest BCUT2D eigenvalue weighted by Gasteiger charge is 2.35. The number of aromatic amines is 1. The summed E-state index contributed by atoms with van der Waals surface area (Å²) in [5.74, 6) is -2.83. The molecule has 8 nitrogen and oxygen atoms in total. The molecule has 0 spiro atoms. The van der Waals surface area contributed by atoms with Crippen LogP contribution in [0.5, 0.6) is 0 Å². The van der Waals surface area contributed by atoms with Gasteiger partial charge in [-0.2, -0.15) is 0 Å². The predicted octanol–water partition coefficient (Wildman–Crippen LogP) is 2.38. The van der Waals surface area contributed by atoms with Crippen LogP contribution in [0.3, 0.4) is 0 Å². The average molecular weight is 427 g/mol. The third-order valence-electron chi connectivity index (χ3n) is 3.98. The number of hydrogen-bond donors (Lipinski definition) is 1. The zero-order valence-electron chi connectivity index (χ0n) is 16.3. The van der Waals surface area contributed by atoms with Gasteiger partial charge in [-0.15, -0.1) is 0 Å². The Morgan fingerprint density at radius 2 is 1.86 bits per heavy atom. The maximum Gasteiger partial charge on any atom is 0.350 e. The van der Waals surface area contributed by atoms with Gasteiger partial charge in [0, 0.05) is 11.8 Å². The first-order valence-corrected chi connectivity index (χ1v) is 9.14. The Morgan fingerprint density at radius 1 is 1.21 bits per heavy atom. The van der Waals surface area contributed by atoms with Gasteiger partial charge in [-0.1, -0.05) is 18.5 Å². The summed E-state index contributed by atoms with van der Waals surface area (Å²) < 4.78 is 25.0. The van der Waals surface area contributed by atoms with Crippen LogP contribution in [0.4, 0.5) is 4.39 Å². The van der Waals surface area contributed by atoms with E-state index < -0.39 is 40.3 Å². The van der Waals surface area contributed by atoms with Crippen molar-refractivity contribution in [1.82, 2.24) is 9.55 Å². The van der Waals surface area contributed by atoms with Crippen LogP contribution < -0.4 is 11.2 Å². The van der Waals surface area contributed by atoms with Crippen LogP contribution in [0.25, 0.3) is 5.69 Å². The molecule has 0 aliphatic rings. The lowest BCUT2D eigenvalue weighted by molar-refractivity contribution is -0.161. The summed E-state index contributed by atoms with van der Waals surface area (Å²) in [4.78, 5) is 51.5. The van der Waals surface area contributed by atoms with E-state index in [9.17, 15) is 23.6 Å². The first-order chi connectivity index (χ1) is 13.5. The molecule has 1 aromatic carbocycles. The van der Waals surface area contributed by atoms with Gasteiger partial charge in [0.15, 0.2) is 0 Å². The summed E-state index contributed by atoms with van der Waals surface area (Å²) in [6, 6.07) is 2.85. The Morgan fingerprint density at radius 3 is 2.41 bits per heavy atom. The van der Waals surface area contributed by atoms with Crippen molar-refractivity contribution < 1.29 is 23.5 Å². The van der Waals surface area contributed by atoms with Gasteiger partial charge in [0.25, 0.3) is 5.56 Å². The molecule has 0 saturated heterocycles. The van der Waals surface area contributed by atoms with Crippen molar-refractivity contribution in [3.63, 3.8) is 0 Å². The minimum absolute atomic E-state index is 0.0840. The molecule has 10 heteroatoms. The van der Waals surface area contributed by atoms with Crippen molar-refractivity contribution in [3.8, 4) is 5.69 Å². The van der Waals surface area contributed by atoms with Gasteiger partial charge in [0.05, 0.1) is 22.9 Å². The molecule has 0 saturated carbocycles. The number of benzene rings is 1. The van der Waals surface area contributed by atoms with E-state index in [0.717, 1.165) is 18.2 Å². The minimum Gasteiger partial charge on any atom is -0.463 e. The molecule has 0 aliphatic carbocycles. The highest BCUT2D eigenvalue weighted by atomic mass is 35.5. The van der Waals surface area contributed by atoms with Crippen LogP contribution in [-0.2, 0) is 20.7 Å². The van der Waals surface area contributed by atoms with E-state index in [1.54, 1.807) is 13.8 Å². The number of ether oxygens (including phenoxy) is 2. The fourth-order valence-electron chi connectivity index (χ4n) is 2.46. The standard InChI is InChI=1S/C19H20ClFN2O6/c1-5-10-7-15(24)23(18(27)22-10)14-8-11(12(20)9-13(14)21)16(25)29-19(3,4)17(26)28-6-2/h7-9H,5-6H2,1-4H3,(H,22,27). The van der Waals surface area contributed by atoms with Crippen LogP contribution >= 0.6 is 11.6 Å². The van der Waals surface area contributed by atoms with Crippen molar-refractivity contribution in [1.29, 1.82) is 0 Å². The number of carbonyl (C=O) groups excluding carboxylic acids is 2. The van der Waals surface area contributed by atoms with Crippen molar-refractivity contribution in [2.24, 2.45) is 0 Å². The number of aromatic nitrogens is 2. The number of nitrogens with zero attached hydrogens (tertiary/aromatic N) is 1. The quantitative estimate of drug-likeness (QED) is 0.710. The lowest BCUT2D eigenvalue weighted by Gasteiger charge is -2.23. The van der Waals surface area contributed by atoms with Gasteiger partial charge in [-0.25, -0.2) is 23.3 Å². The normalized spacial score (nSPS) is 11.2. The molecule has 0 atom stereocenters. The molecular formula is C19H20ClFN2O6. The Bertz CT molecular complexity index is 1040. The number of nitrogens with one attached hydrogen (secondary N) is 1. The molecule has 0 amide bonds. The molecule has 0 radical (unpaired) electrons. The number of rotatable bonds is 6. The van der Waals surface area contributed by atoms with Gasteiger partial charge in [-0.05, 0) is 39.3 Å². The summed E-state index contributed by atoms with van der Waals surface area (Å²) >= 11 is 5.95. The van der Waals surface area contributed by atoms with E-state index in [0.29, 0.717) is 16.7 Å². The molecule has 1 aromatic heterocycles. The number of hydrogen-bond acceptors (Lipinski definition) is 6. The van der Waals surface area contributed by atoms with E-state index in [1.807, 2.05) is 0 Å². The maximum atomic E-state index is 14.5. The molecule has 2 rings (SSSR count). The average Bonchev–Trinajstić information content (AvgIpc) is 2.62. The maximum absolute atomic E-state index is 14.5. The monoisotopic (exact) mass is 426 g/mol. The Hall–Kier alpha value is -2.94. The molecule has 29 heavy (non-hydrogen) atoms. The topological polar surface area (TPSA) is 107 Å². The molecule has 0 aliphatic heterocycles. The fraction of sp³-hybridized carbons (Fsp3) is 0.368. The summed E-state index contributed by atoms with van der Waals surface area (Å²) in [5, 5.41) is -0.314. The molecule has 156 valence electrons. The molecule has 0 unspecified atom stereocenters. The van der Waals surface area contributed by atoms with E-state index in [-0.39, 0.29) is 17.2 Å². The fourth-order valence-corrected chi connectivity index (χ4v) is 2.69. The van der Waals surface area contributed by atoms with E-state index >= 15 is 0 Å². The minimum atomic E-state index is -1.64. The second kappa shape index (κ2) is 8.60. The van der Waals surface area contributed by atoms with Gasteiger partial charge in [0.2, 0.25) is 5.60 Å². The van der Waals surface area contributed by atoms with E-state index in [4.69, 9.17) is 21.1 Å². The summed E-state index contributed by atoms with van der Waals surface area (Å²) in [6.07, 6.45) is 0.398. The predicted molar refractivity (Wildman–Crippen MR) is 103 cm³/mol. The first-order valence-electron chi connectivity index (χ1n) is 8.77. The third-order valence-corrected chi connectivity index (χ3v) is 4.29. The van der Waals surface area contributed by atoms with Gasteiger partial charge in [0.1, 0.15) is 5.82 Å². The summed E-state index contributed by atoms with van der Waals surface area (Å²) in [7, 11) is 0. The Labute approximate surface area is 170 Å². The van der Waals surface area contributed by atoms with Gasteiger partial charge < -0.3 is 14.5 Å². The lowest BCUT2D eigenvalue weighted by Crippen LogP contribution is -2.39. The zero-order chi connectivity index (χ0) is 21.9. The number of carbonyl (C=O) groups is 2. The summed E-state index contributed by atoms with van der Waals surface area (Å²) in [6.45, 7) is 6.05. The SMILES string of the molecule is CCOC(=O)C(C)(C)OC(=O)c1cc(-n2c(=O)cc(CC)[nH]c2=O)c(F)cc1Cl. The number of aryl methyl sites for hydroxylation is 1. The Kier molecular flexibility index (Phi) is 6.63. The first kappa shape index (κ1) is 22.4. The van der Waals surface area contributed by atoms with Gasteiger partial charge >= 0.3 is 17.6 Å². The highest BCUT2D eigenvalue weighted by Crippen LogP contribution is 2.25. The second-order valence-electron chi connectivity index (χ2n) is 6.53. The van der Waals surface area contributed by atoms with Crippen molar-refractivity contribution >= 4 is 23.5 Å². The highest BCUT2D eigenvalue weighted by molar-refractivity contribution is 6.33. The Balaban J connectivity index is 2.53.